The molecule has 9 aliphatic rings. The number of rotatable bonds is 9. The molecule has 14 heteroatoms. The number of phenols is 1. The number of aryl methyl sites for hydroxylation is 1. The summed E-state index contributed by atoms with van der Waals surface area (Å²) in [5, 5.41) is 37.2. The van der Waals surface area contributed by atoms with Crippen LogP contribution >= 0.6 is 0 Å². The van der Waals surface area contributed by atoms with Crippen molar-refractivity contribution in [1.82, 2.24) is 5.32 Å². The fraction of sp³-hybridized carbons (Fsp3) is 0.470. The Labute approximate surface area is 494 Å². The topological polar surface area (TPSA) is 213 Å². The van der Waals surface area contributed by atoms with Crippen molar-refractivity contribution in [3.8, 4) is 23.3 Å². The van der Waals surface area contributed by atoms with Crippen LogP contribution in [-0.4, -0.2) is 64.4 Å². The van der Waals surface area contributed by atoms with Gasteiger partial charge in [-0.2, -0.15) is 0 Å². The third-order valence-corrected chi connectivity index (χ3v) is 20.8. The van der Waals surface area contributed by atoms with E-state index in [0.29, 0.717) is 61.8 Å². The molecule has 8 N–H and O–H groups in total. The maximum atomic E-state index is 14.3. The molecule has 14 rings (SSSR count). The number of allylic oxidation sites excluding steroid dienone is 1. The van der Waals surface area contributed by atoms with Gasteiger partial charge in [-0.05, 0) is 200 Å². The molecule has 5 aromatic rings. The summed E-state index contributed by atoms with van der Waals surface area (Å²) >= 11 is 0. The number of ether oxygens (including phenoxy) is 2. The predicted octanol–water partition coefficient (Wildman–Crippen LogP) is 6.80. The maximum Gasteiger partial charge on any atom is 1.00 e. The summed E-state index contributed by atoms with van der Waals surface area (Å²) in [6.45, 7) is 3.89. The molecular weight excluding hydrogens is 1030 g/mol. The molecule has 0 aromatic heterocycles. The van der Waals surface area contributed by atoms with Crippen molar-refractivity contribution in [3.05, 3.63) is 176 Å². The molecule has 6 heterocycles. The van der Waals surface area contributed by atoms with Crippen molar-refractivity contribution in [3.63, 3.8) is 0 Å². The minimum absolute atomic E-state index is 0. The van der Waals surface area contributed by atoms with Gasteiger partial charge in [-0.15, -0.1) is 0 Å². The smallest absolute Gasteiger partial charge is 0.748 e. The van der Waals surface area contributed by atoms with Gasteiger partial charge < -0.3 is 46.1 Å². The Kier molecular flexibility index (Phi) is 16.6. The number of aromatic hydroxyl groups is 1. The summed E-state index contributed by atoms with van der Waals surface area (Å²) in [6.07, 6.45) is 9.56. The number of aliphatic imine (C=N–C) groups is 1. The second kappa shape index (κ2) is 23.3. The van der Waals surface area contributed by atoms with E-state index >= 15 is 0 Å². The Morgan fingerprint density at radius 3 is 2.50 bits per heavy atom. The van der Waals surface area contributed by atoms with Crippen LogP contribution < -0.4 is 51.1 Å². The van der Waals surface area contributed by atoms with E-state index in [-0.39, 0.29) is 96.4 Å². The normalized spacial score (nSPS) is 31.0. The molecule has 80 heavy (non-hydrogen) atoms. The Balaban J connectivity index is 0.00000675. The van der Waals surface area contributed by atoms with Crippen molar-refractivity contribution >= 4 is 16.1 Å². The van der Waals surface area contributed by atoms with Crippen LogP contribution in [0.15, 0.2) is 126 Å². The molecular formula is C66H75N4NaO8S. The minimum Gasteiger partial charge on any atom is -0.748 e. The van der Waals surface area contributed by atoms with Gasteiger partial charge in [0.25, 0.3) is 0 Å². The van der Waals surface area contributed by atoms with E-state index in [2.05, 4.69) is 66.6 Å². The standard InChI is InChI=1S/C66H76N4O8S.Na/c1-40-12-13-47-32-55-21-23-57(47)59(40)35-61(79(74,75)76)60-34-50-30-49(33-56-28-42(39-71)9-5-10-46-31-54(72)20-22-58(46)63(50)77-56)62(60)44-16-18-52(19-17-44)66(78-55,70-64(67)68)37-53(27-41-7-3-2-4-8-41)65(73)25-6-11-48(36-65)45-15-14-43-24-26-69-38-51(43)29-45;/h2-4,7-8,14-23,29,31-32,34,40,42,48-49,53,56,59-63,69,71-73H,6,9,11-13,24-28,30,33,35-39H2,1H3,(H4,67,68,70)(H,74,75,76);/q;+1/p-1. The number of hydrogen-bond donors (Lipinski definition) is 6. The number of hydrogen-bond acceptors (Lipinski definition) is 10. The Bertz CT molecular complexity index is 3320. The summed E-state index contributed by atoms with van der Waals surface area (Å²) in [6, 6.07) is 36.5. The van der Waals surface area contributed by atoms with Gasteiger partial charge in [0.1, 0.15) is 17.6 Å². The summed E-state index contributed by atoms with van der Waals surface area (Å²) in [4.78, 5) is 5.17. The van der Waals surface area contributed by atoms with Gasteiger partial charge in [-0.25, -0.2) is 13.4 Å². The van der Waals surface area contributed by atoms with Crippen molar-refractivity contribution < 1.29 is 67.3 Å². The van der Waals surface area contributed by atoms with Crippen LogP contribution in [-0.2, 0) is 46.4 Å². The first kappa shape index (κ1) is 56.9. The Morgan fingerprint density at radius 2 is 1.71 bits per heavy atom. The molecule has 0 amide bonds. The summed E-state index contributed by atoms with van der Waals surface area (Å²) in [5.41, 5.74) is 21.4. The fourth-order valence-corrected chi connectivity index (χ4v) is 16.7. The van der Waals surface area contributed by atoms with Crippen molar-refractivity contribution in [1.29, 1.82) is 0 Å². The number of nitrogens with two attached hydrogens (primary N) is 2. The molecule has 1 saturated carbocycles. The monoisotopic (exact) mass is 1110 g/mol. The fourth-order valence-electron chi connectivity index (χ4n) is 15.6. The number of aliphatic hydroxyl groups excluding tert-OH is 1. The van der Waals surface area contributed by atoms with E-state index in [4.69, 9.17) is 25.9 Å². The summed E-state index contributed by atoms with van der Waals surface area (Å²) < 4.78 is 57.6. The first-order chi connectivity index (χ1) is 38.1. The van der Waals surface area contributed by atoms with Gasteiger partial charge in [0.15, 0.2) is 5.96 Å². The van der Waals surface area contributed by atoms with E-state index in [1.54, 1.807) is 12.1 Å². The molecule has 12 nitrogen and oxygen atoms in total. The molecule has 414 valence electrons. The largest absolute Gasteiger partial charge is 1.00 e. The van der Waals surface area contributed by atoms with Crippen LogP contribution in [0.1, 0.15) is 157 Å². The molecule has 1 saturated heterocycles. The quantitative estimate of drug-likeness (QED) is 0.0226. The molecule has 0 radical (unpaired) electrons. The third kappa shape index (κ3) is 11.6. The third-order valence-electron chi connectivity index (χ3n) is 19.5. The van der Waals surface area contributed by atoms with Crippen molar-refractivity contribution in [2.24, 2.45) is 46.0 Å². The molecule has 6 aliphatic heterocycles. The van der Waals surface area contributed by atoms with E-state index in [1.807, 2.05) is 60.7 Å². The van der Waals surface area contributed by atoms with Crippen LogP contribution in [0.3, 0.4) is 0 Å². The predicted molar refractivity (Wildman–Crippen MR) is 305 cm³/mol. The molecule has 5 aromatic carbocycles. The summed E-state index contributed by atoms with van der Waals surface area (Å²) in [7, 11) is -4.94. The van der Waals surface area contributed by atoms with E-state index in [0.717, 1.165) is 78.6 Å². The van der Waals surface area contributed by atoms with E-state index in [9.17, 15) is 28.3 Å². The van der Waals surface area contributed by atoms with Gasteiger partial charge >= 0.3 is 29.6 Å². The molecule has 3 aliphatic carbocycles. The van der Waals surface area contributed by atoms with Crippen LogP contribution in [0.4, 0.5) is 0 Å². The second-order valence-electron chi connectivity index (χ2n) is 24.5. The molecule has 13 unspecified atom stereocenters. The SMILES string of the molecule is CC1CCc2cc3ccc2C1CC(S(=O)(=O)[O-])C1C=C2CC(CC4CC(CO)CC#Cc5cc(O)ccc5C2O4)C1c1ccc(cc1)C(CC(Cc1ccccc1)C1(O)CCCC(c2ccc4c(c2)CNCC4)C1)(N=C(N)N)O3.[Na+]. The van der Waals surface area contributed by atoms with Gasteiger partial charge in [0.05, 0.1) is 27.1 Å². The van der Waals surface area contributed by atoms with E-state index < -0.39 is 50.6 Å². The summed E-state index contributed by atoms with van der Waals surface area (Å²) in [5.74, 6) is 5.04. The van der Waals surface area contributed by atoms with Crippen LogP contribution in [0.25, 0.3) is 0 Å². The first-order valence-corrected chi connectivity index (χ1v) is 30.4. The number of guanidine groups is 1. The number of nitrogens with one attached hydrogen (secondary N) is 1. The number of nitrogens with zero attached hydrogens (tertiary/aromatic N) is 1. The number of fused-ring (bicyclic) bond motifs is 10. The van der Waals surface area contributed by atoms with E-state index in [1.165, 1.54) is 16.7 Å². The average Bonchev–Trinajstić information content (AvgIpc) is 3.75. The van der Waals surface area contributed by atoms with Crippen LogP contribution in [0.5, 0.6) is 11.5 Å². The van der Waals surface area contributed by atoms with Crippen molar-refractivity contribution in [2.75, 3.05) is 13.2 Å². The van der Waals surface area contributed by atoms with Gasteiger partial charge in [0.2, 0.25) is 5.72 Å². The zero-order valence-corrected chi connectivity index (χ0v) is 49.1. The molecule has 10 bridgehead atoms. The average molecular weight is 1110 g/mol. The first-order valence-electron chi connectivity index (χ1n) is 29.0. The molecule has 13 atom stereocenters. The van der Waals surface area contributed by atoms with Gasteiger partial charge in [-0.3, -0.25) is 0 Å². The Hall–Kier alpha value is -4.98. The maximum absolute atomic E-state index is 14.3. The van der Waals surface area contributed by atoms with Crippen LogP contribution in [0, 0.1) is 41.4 Å². The number of benzene rings is 5. The van der Waals surface area contributed by atoms with Crippen molar-refractivity contribution in [2.45, 2.75) is 150 Å². The van der Waals surface area contributed by atoms with Gasteiger partial charge in [0, 0.05) is 42.7 Å². The zero-order valence-electron chi connectivity index (χ0n) is 46.2. The number of aliphatic hydroxyl groups is 2. The minimum atomic E-state index is -4.94. The number of phenolic OH excluding ortho intramolecular Hbond substituents is 1. The molecule has 0 spiro atoms. The molecule has 2 fully saturated rings. The second-order valence-corrected chi connectivity index (χ2v) is 26.1. The van der Waals surface area contributed by atoms with Gasteiger partial charge in [-0.1, -0.05) is 110 Å². The Morgan fingerprint density at radius 1 is 0.912 bits per heavy atom. The van der Waals surface area contributed by atoms with Crippen LogP contribution in [0.2, 0.25) is 0 Å². The zero-order chi connectivity index (χ0) is 54.6.